The van der Waals surface area contributed by atoms with Crippen LogP contribution in [0.4, 0.5) is 0 Å². The van der Waals surface area contributed by atoms with Gasteiger partial charge in [-0.05, 0) is 0 Å². The summed E-state index contributed by atoms with van der Waals surface area (Å²) in [5.41, 5.74) is 0. The first-order valence-electron chi connectivity index (χ1n) is 0.757. The molecule has 0 amide bonds. The van der Waals surface area contributed by atoms with E-state index in [1.54, 1.807) is 0 Å². The van der Waals surface area contributed by atoms with Crippen molar-refractivity contribution in [3.05, 3.63) is 0 Å². The van der Waals surface area contributed by atoms with Crippen molar-refractivity contribution in [1.82, 2.24) is 0 Å². The van der Waals surface area contributed by atoms with Crippen LogP contribution < -0.4 is 0 Å². The summed E-state index contributed by atoms with van der Waals surface area (Å²) in [6, 6.07) is 0. The number of hydrogen-bond donors (Lipinski definition) is 1. The average molecular weight is 81.1 g/mol. The van der Waals surface area contributed by atoms with Crippen molar-refractivity contribution < 1.29 is 8.76 Å². The molecule has 1 N–H and O–H groups in total. The largest absolute Gasteiger partial charge is 0.306 e. The molecule has 0 aliphatic rings. The van der Waals surface area contributed by atoms with Crippen LogP contribution in [0.1, 0.15) is 0 Å². The molecule has 0 aromatic carbocycles. The third-order valence-electron chi connectivity index (χ3n) is 0. The van der Waals surface area contributed by atoms with Gasteiger partial charge in [0.05, 0.1) is 0 Å². The maximum Gasteiger partial charge on any atom is 0.149 e. The minimum Gasteiger partial charge on any atom is -0.306 e. The van der Waals surface area contributed by atoms with Crippen molar-refractivity contribution in [3.8, 4) is 0 Å². The lowest BCUT2D eigenvalue weighted by molar-refractivity contribution is 0.571. The summed E-state index contributed by atoms with van der Waals surface area (Å²) in [6.45, 7) is 0. The molecule has 2 nitrogen and oxygen atoms in total. The van der Waals surface area contributed by atoms with Crippen molar-refractivity contribution in [2.45, 2.75) is 0 Å². The maximum absolute atomic E-state index is 9.11. The van der Waals surface area contributed by atoms with E-state index in [4.69, 9.17) is 8.76 Å². The molecule has 0 fully saturated rings. The molecule has 0 heterocycles. The third kappa shape index (κ3) is 215. The van der Waals surface area contributed by atoms with Gasteiger partial charge in [0.15, 0.2) is 0 Å². The first-order valence-corrected chi connectivity index (χ1v) is 2.27. The molecule has 0 saturated carbocycles. The van der Waals surface area contributed by atoms with Gasteiger partial charge in [-0.1, -0.05) is 0 Å². The van der Waals surface area contributed by atoms with E-state index in [0.717, 1.165) is 0 Å². The van der Waals surface area contributed by atoms with Crippen LogP contribution in [0.25, 0.3) is 0 Å². The molecule has 0 aliphatic carbocycles. The predicted octanol–water partition coefficient (Wildman–Crippen LogP) is -0.162. The SMILES string of the molecule is [13CH3]S(=O)O. The fourth-order valence-electron chi connectivity index (χ4n) is 0. The Labute approximate surface area is 27.1 Å². The van der Waals surface area contributed by atoms with Crippen molar-refractivity contribution in [1.29, 1.82) is 0 Å². The molecular formula is CH4O2S. The van der Waals surface area contributed by atoms with Crippen LogP contribution in [0, 0.1) is 0 Å². The van der Waals surface area contributed by atoms with Crippen LogP contribution in [-0.2, 0) is 11.1 Å². The highest BCUT2D eigenvalue weighted by molar-refractivity contribution is 7.78. The van der Waals surface area contributed by atoms with Crippen LogP contribution in [0.15, 0.2) is 0 Å². The van der Waals surface area contributed by atoms with Crippen molar-refractivity contribution in [2.75, 3.05) is 6.26 Å². The molecule has 0 aliphatic heterocycles. The second-order valence-corrected chi connectivity index (χ2v) is 1.27. The van der Waals surface area contributed by atoms with E-state index in [9.17, 15) is 0 Å². The van der Waals surface area contributed by atoms with Crippen molar-refractivity contribution in [3.63, 3.8) is 0 Å². The Morgan fingerprint density at radius 3 is 2.00 bits per heavy atom. The minimum atomic E-state index is -1.61. The molecule has 0 radical (unpaired) electrons. The predicted molar refractivity (Wildman–Crippen MR) is 16.7 cm³/mol. The van der Waals surface area contributed by atoms with E-state index in [2.05, 4.69) is 0 Å². The first-order chi connectivity index (χ1) is 1.73. The molecule has 0 aromatic heterocycles. The molecule has 1 unspecified atom stereocenters. The summed E-state index contributed by atoms with van der Waals surface area (Å²) in [6.07, 6.45) is 1.19. The van der Waals surface area contributed by atoms with E-state index in [0.29, 0.717) is 0 Å². The van der Waals surface area contributed by atoms with E-state index >= 15 is 0 Å². The van der Waals surface area contributed by atoms with Gasteiger partial charge in [-0.2, -0.15) is 0 Å². The average Bonchev–Trinajstić information content (AvgIpc) is 0.811. The molecule has 0 bridgehead atoms. The van der Waals surface area contributed by atoms with Crippen LogP contribution in [0.3, 0.4) is 0 Å². The van der Waals surface area contributed by atoms with Gasteiger partial charge < -0.3 is 4.55 Å². The van der Waals surface area contributed by atoms with Crippen LogP contribution in [0.5, 0.6) is 0 Å². The lowest BCUT2D eigenvalue weighted by Gasteiger charge is -1.60. The standard InChI is InChI=1S/CH4O2S/c1-4(2)3/h1H3,(H,2,3)/i1+1. The first kappa shape index (κ1) is 4.11. The molecule has 3 heteroatoms. The Kier molecular flexibility index (Phi) is 1.47. The summed E-state index contributed by atoms with van der Waals surface area (Å²) in [5, 5.41) is 0. The second kappa shape index (κ2) is 1.43. The van der Waals surface area contributed by atoms with Gasteiger partial charge in [-0.3, -0.25) is 0 Å². The Morgan fingerprint density at radius 1 is 2.00 bits per heavy atom. The highest BCUT2D eigenvalue weighted by Gasteiger charge is 1.59. The van der Waals surface area contributed by atoms with Gasteiger partial charge in [0.25, 0.3) is 0 Å². The Morgan fingerprint density at radius 2 is 2.00 bits per heavy atom. The fraction of sp³-hybridized carbons (Fsp3) is 1.00. The molecule has 1 atom stereocenters. The van der Waals surface area contributed by atoms with Gasteiger partial charge in [-0.25, -0.2) is 4.21 Å². The van der Waals surface area contributed by atoms with Gasteiger partial charge in [-0.15, -0.1) is 0 Å². The van der Waals surface area contributed by atoms with E-state index in [1.807, 2.05) is 0 Å². The number of hydrogen-bond acceptors (Lipinski definition) is 1. The highest BCUT2D eigenvalue weighted by atomic mass is 32.2. The lowest BCUT2D eigenvalue weighted by Crippen LogP contribution is -1.72. The molecule has 0 aromatic rings. The quantitative estimate of drug-likeness (QED) is 0.325. The van der Waals surface area contributed by atoms with E-state index < -0.39 is 11.1 Å². The summed E-state index contributed by atoms with van der Waals surface area (Å²) < 4.78 is 16.6. The monoisotopic (exact) mass is 81.0 g/mol. The normalized spacial score (nSPS) is 15.5. The Bertz CT molecular complexity index is 29.0. The zero-order valence-electron chi connectivity index (χ0n) is 2.26. The van der Waals surface area contributed by atoms with Gasteiger partial charge in [0, 0.05) is 6.26 Å². The minimum absolute atomic E-state index is 1.19. The smallest absolute Gasteiger partial charge is 0.149 e. The number of rotatable bonds is 0. The van der Waals surface area contributed by atoms with E-state index in [1.165, 1.54) is 6.26 Å². The van der Waals surface area contributed by atoms with Gasteiger partial charge in [0.1, 0.15) is 11.1 Å². The fourth-order valence-corrected chi connectivity index (χ4v) is 0. The van der Waals surface area contributed by atoms with E-state index in [-0.39, 0.29) is 0 Å². The topological polar surface area (TPSA) is 37.3 Å². The zero-order valence-corrected chi connectivity index (χ0v) is 3.08. The van der Waals surface area contributed by atoms with Crippen LogP contribution in [-0.4, -0.2) is 15.0 Å². The Hall–Kier alpha value is 0.110. The molecule has 0 spiro atoms. The van der Waals surface area contributed by atoms with Gasteiger partial charge >= 0.3 is 0 Å². The summed E-state index contributed by atoms with van der Waals surface area (Å²) >= 11 is -1.61. The van der Waals surface area contributed by atoms with Gasteiger partial charge in [0.2, 0.25) is 0 Å². The maximum atomic E-state index is 9.11. The molecule has 0 rings (SSSR count). The summed E-state index contributed by atoms with van der Waals surface area (Å²) in [7, 11) is 0. The third-order valence-corrected chi connectivity index (χ3v) is 0. The zero-order chi connectivity index (χ0) is 3.58. The van der Waals surface area contributed by atoms with Crippen molar-refractivity contribution >= 4 is 11.1 Å². The molecule has 4 heavy (non-hydrogen) atoms. The van der Waals surface area contributed by atoms with Crippen molar-refractivity contribution in [2.24, 2.45) is 0 Å². The Balaban J connectivity index is 2.80. The highest BCUT2D eigenvalue weighted by Crippen LogP contribution is 1.45. The molecular weight excluding hydrogens is 77.1 g/mol. The summed E-state index contributed by atoms with van der Waals surface area (Å²) in [5.74, 6) is 0. The second-order valence-electron chi connectivity index (χ2n) is 0.424. The van der Waals surface area contributed by atoms with Crippen LogP contribution in [0.2, 0.25) is 0 Å². The van der Waals surface area contributed by atoms with Crippen LogP contribution >= 0.6 is 0 Å². The molecule has 0 saturated heterocycles. The molecule has 26 valence electrons. The lowest BCUT2D eigenvalue weighted by atomic mass is 12.9. The summed E-state index contributed by atoms with van der Waals surface area (Å²) in [4.78, 5) is 0.